The van der Waals surface area contributed by atoms with Gasteiger partial charge < -0.3 is 14.5 Å². The summed E-state index contributed by atoms with van der Waals surface area (Å²) in [5.41, 5.74) is 1.22. The van der Waals surface area contributed by atoms with Gasteiger partial charge in [0.1, 0.15) is 25.7 Å². The van der Waals surface area contributed by atoms with E-state index in [1.165, 1.54) is 38.0 Å². The highest BCUT2D eigenvalue weighted by Gasteiger charge is 2.42. The Balaban J connectivity index is 1.66. The van der Waals surface area contributed by atoms with Crippen molar-refractivity contribution in [2.24, 2.45) is 0 Å². The van der Waals surface area contributed by atoms with Crippen LogP contribution in [0.5, 0.6) is 0 Å². The highest BCUT2D eigenvalue weighted by Crippen LogP contribution is 2.20. The van der Waals surface area contributed by atoms with E-state index in [1.807, 2.05) is 16.8 Å². The van der Waals surface area contributed by atoms with Crippen LogP contribution in [0.2, 0.25) is 5.02 Å². The van der Waals surface area contributed by atoms with Crippen LogP contribution in [-0.4, -0.2) is 66.1 Å². The predicted molar refractivity (Wildman–Crippen MR) is 97.4 cm³/mol. The number of rotatable bonds is 6. The lowest BCUT2D eigenvalue weighted by molar-refractivity contribution is -1.03. The van der Waals surface area contributed by atoms with Crippen molar-refractivity contribution in [3.05, 3.63) is 40.7 Å². The van der Waals surface area contributed by atoms with Gasteiger partial charge in [-0.05, 0) is 22.6 Å². The number of halogens is 1. The molecule has 0 spiro atoms. The van der Waals surface area contributed by atoms with E-state index in [0.29, 0.717) is 13.2 Å². The Morgan fingerprint density at radius 3 is 2.92 bits per heavy atom. The van der Waals surface area contributed by atoms with Crippen LogP contribution >= 0.6 is 11.6 Å². The van der Waals surface area contributed by atoms with Gasteiger partial charge in [-0.3, -0.25) is 0 Å². The first-order valence-corrected chi connectivity index (χ1v) is 9.83. The number of piperazine rings is 1. The second kappa shape index (κ2) is 8.00. The van der Waals surface area contributed by atoms with Crippen molar-refractivity contribution in [2.75, 3.05) is 39.9 Å². The molecule has 0 bridgehead atoms. The summed E-state index contributed by atoms with van der Waals surface area (Å²) in [5.74, 6) is 0.917. The van der Waals surface area contributed by atoms with Crippen LogP contribution in [0.15, 0.2) is 24.3 Å². The molecule has 8 heteroatoms. The number of hydrogen-bond donors (Lipinski definition) is 2. The Labute approximate surface area is 158 Å². The van der Waals surface area contributed by atoms with E-state index in [4.69, 9.17) is 16.3 Å². The van der Waals surface area contributed by atoms with E-state index in [9.17, 15) is 0 Å². The van der Waals surface area contributed by atoms with Crippen LogP contribution in [-0.2, 0) is 11.3 Å². The van der Waals surface area contributed by atoms with Crippen molar-refractivity contribution in [3.63, 3.8) is 0 Å². The summed E-state index contributed by atoms with van der Waals surface area (Å²) in [6, 6.07) is 9.04. The van der Waals surface area contributed by atoms with Crippen molar-refractivity contribution in [1.82, 2.24) is 20.2 Å². The molecule has 140 valence electrons. The van der Waals surface area contributed by atoms with Crippen LogP contribution in [0.3, 0.4) is 0 Å². The standard InChI is InChI=1S/C18H25ClN6O/c1-26-12-11-25-18(20-21-22-25)17(14-4-6-15(19)7-5-14)24-10-9-23-8-2-3-16(23)13-24/h4-7,16-17H,2-3,8-13H2,1H3/p+2/t16-,17-/m1/s1. The number of methoxy groups -OCH3 is 1. The maximum atomic E-state index is 6.13. The average Bonchev–Trinajstić information content (AvgIpc) is 3.31. The van der Waals surface area contributed by atoms with Crippen LogP contribution in [0.25, 0.3) is 0 Å². The Kier molecular flexibility index (Phi) is 5.49. The smallest absolute Gasteiger partial charge is 0.214 e. The molecule has 2 aliphatic rings. The maximum Gasteiger partial charge on any atom is 0.214 e. The molecule has 0 amide bonds. The zero-order valence-electron chi connectivity index (χ0n) is 15.2. The Morgan fingerprint density at radius 2 is 2.12 bits per heavy atom. The van der Waals surface area contributed by atoms with E-state index >= 15 is 0 Å². The molecular weight excluding hydrogens is 352 g/mol. The van der Waals surface area contributed by atoms with Gasteiger partial charge in [0, 0.05) is 30.5 Å². The fourth-order valence-electron chi connectivity index (χ4n) is 4.54. The second-order valence-corrected chi connectivity index (χ2v) is 7.78. The van der Waals surface area contributed by atoms with E-state index in [-0.39, 0.29) is 6.04 Å². The Hall–Kier alpha value is -1.54. The SMILES string of the molecule is COCCn1nnnc1[C@@H](c1ccc(Cl)cc1)[NH+]1CC[NH+]2CCC[C@@H]2C1. The molecule has 4 rings (SSSR count). The zero-order valence-corrected chi connectivity index (χ0v) is 16.0. The average molecular weight is 379 g/mol. The topological polar surface area (TPSA) is 61.7 Å². The molecule has 4 atom stereocenters. The minimum Gasteiger partial charge on any atom is -0.383 e. The molecular formula is C18H27ClN6O+2. The predicted octanol–water partition coefficient (Wildman–Crippen LogP) is -0.992. The number of ether oxygens (including phenoxy) is 1. The number of aromatic nitrogens is 4. The summed E-state index contributed by atoms with van der Waals surface area (Å²) in [4.78, 5) is 3.33. The van der Waals surface area contributed by atoms with Gasteiger partial charge in [-0.2, -0.15) is 0 Å². The molecule has 2 fully saturated rings. The monoisotopic (exact) mass is 378 g/mol. The molecule has 2 aromatic rings. The lowest BCUT2D eigenvalue weighted by Gasteiger charge is -2.36. The summed E-state index contributed by atoms with van der Waals surface area (Å²) in [7, 11) is 1.70. The molecule has 0 aliphatic carbocycles. The van der Waals surface area contributed by atoms with Crippen LogP contribution in [0, 0.1) is 0 Å². The number of hydrogen-bond acceptors (Lipinski definition) is 4. The number of fused-ring (bicyclic) bond motifs is 1. The zero-order chi connectivity index (χ0) is 17.9. The van der Waals surface area contributed by atoms with Gasteiger partial charge in [0.2, 0.25) is 5.82 Å². The maximum absolute atomic E-state index is 6.13. The third-order valence-electron chi connectivity index (χ3n) is 5.84. The third-order valence-corrected chi connectivity index (χ3v) is 6.09. The van der Waals surface area contributed by atoms with Crippen LogP contribution < -0.4 is 9.80 Å². The first-order valence-electron chi connectivity index (χ1n) is 9.46. The lowest BCUT2D eigenvalue weighted by atomic mass is 10.0. The first kappa shape index (κ1) is 17.9. The largest absolute Gasteiger partial charge is 0.383 e. The van der Waals surface area contributed by atoms with E-state index in [2.05, 4.69) is 27.7 Å². The van der Waals surface area contributed by atoms with E-state index < -0.39 is 0 Å². The molecule has 3 heterocycles. The summed E-state index contributed by atoms with van der Waals surface area (Å²) in [6.45, 7) is 6.12. The van der Waals surface area contributed by atoms with Crippen molar-refractivity contribution in [1.29, 1.82) is 0 Å². The summed E-state index contributed by atoms with van der Waals surface area (Å²) >= 11 is 6.13. The van der Waals surface area contributed by atoms with Gasteiger partial charge in [-0.1, -0.05) is 23.7 Å². The number of quaternary nitrogens is 2. The summed E-state index contributed by atoms with van der Waals surface area (Å²) in [5, 5.41) is 13.3. The summed E-state index contributed by atoms with van der Waals surface area (Å²) < 4.78 is 7.12. The number of tetrazole rings is 1. The molecule has 2 saturated heterocycles. The van der Waals surface area contributed by atoms with Crippen molar-refractivity contribution >= 4 is 11.6 Å². The Morgan fingerprint density at radius 1 is 1.27 bits per heavy atom. The molecule has 1 aromatic heterocycles. The summed E-state index contributed by atoms with van der Waals surface area (Å²) in [6.07, 6.45) is 2.69. The van der Waals surface area contributed by atoms with Gasteiger partial charge in [0.15, 0.2) is 6.04 Å². The number of benzene rings is 1. The molecule has 1 aromatic carbocycles. The minimum absolute atomic E-state index is 0.126. The van der Waals surface area contributed by atoms with E-state index in [0.717, 1.165) is 23.4 Å². The molecule has 0 radical (unpaired) electrons. The third kappa shape index (κ3) is 3.62. The number of nitrogens with zero attached hydrogens (tertiary/aromatic N) is 4. The van der Waals surface area contributed by atoms with Gasteiger partial charge in [0.05, 0.1) is 19.7 Å². The molecule has 2 aliphatic heterocycles. The molecule has 26 heavy (non-hydrogen) atoms. The second-order valence-electron chi connectivity index (χ2n) is 7.35. The molecule has 2 unspecified atom stereocenters. The number of nitrogens with one attached hydrogen (secondary N) is 2. The fourth-order valence-corrected chi connectivity index (χ4v) is 4.67. The highest BCUT2D eigenvalue weighted by atomic mass is 35.5. The molecule has 2 N–H and O–H groups in total. The first-order chi connectivity index (χ1) is 12.8. The lowest BCUT2D eigenvalue weighted by Crippen LogP contribution is -3.29. The van der Waals surface area contributed by atoms with Crippen molar-refractivity contribution in [3.8, 4) is 0 Å². The van der Waals surface area contributed by atoms with E-state index in [1.54, 1.807) is 16.9 Å². The van der Waals surface area contributed by atoms with Gasteiger partial charge >= 0.3 is 0 Å². The fraction of sp³-hybridized carbons (Fsp3) is 0.611. The normalized spacial score (nSPS) is 26.6. The molecule has 7 nitrogen and oxygen atoms in total. The van der Waals surface area contributed by atoms with Gasteiger partial charge in [0.25, 0.3) is 0 Å². The van der Waals surface area contributed by atoms with Crippen molar-refractivity contribution < 1.29 is 14.5 Å². The Bertz CT molecular complexity index is 721. The minimum atomic E-state index is 0.126. The van der Waals surface area contributed by atoms with Crippen molar-refractivity contribution in [2.45, 2.75) is 31.5 Å². The van der Waals surface area contributed by atoms with Crippen LogP contribution in [0.1, 0.15) is 30.3 Å². The van der Waals surface area contributed by atoms with Gasteiger partial charge in [-0.15, -0.1) is 5.10 Å². The molecule has 0 saturated carbocycles. The van der Waals surface area contributed by atoms with Gasteiger partial charge in [-0.25, -0.2) is 4.68 Å². The van der Waals surface area contributed by atoms with Crippen LogP contribution in [0.4, 0.5) is 0 Å². The highest BCUT2D eigenvalue weighted by molar-refractivity contribution is 6.30. The quantitative estimate of drug-likeness (QED) is 0.677.